The fraction of sp³-hybridized carbons (Fsp3) is 0.448. The van der Waals surface area contributed by atoms with E-state index in [1.165, 1.54) is 6.33 Å². The molecule has 1 aliphatic rings. The largest absolute Gasteiger partial charge is 0.392 e. The number of aliphatic hydroxyl groups excluding tert-OH is 1. The number of aliphatic hydroxyl groups is 1. The van der Waals surface area contributed by atoms with E-state index in [0.29, 0.717) is 31.6 Å². The quantitative estimate of drug-likeness (QED) is 0.0769. The number of rotatable bonds is 15. The van der Waals surface area contributed by atoms with Gasteiger partial charge in [0, 0.05) is 37.1 Å². The number of amides is 2. The van der Waals surface area contributed by atoms with Gasteiger partial charge in [-0.05, 0) is 29.5 Å². The zero-order valence-electron chi connectivity index (χ0n) is 22.8. The highest BCUT2D eigenvalue weighted by Gasteiger charge is 2.32. The molecule has 1 fully saturated rings. The molecular formula is C29H37N5O6S. The van der Waals surface area contributed by atoms with Crippen molar-refractivity contribution in [2.45, 2.75) is 81.8 Å². The summed E-state index contributed by atoms with van der Waals surface area (Å²) in [5.74, 6) is 0.288. The highest BCUT2D eigenvalue weighted by atomic mass is 32.2. The number of hydrogen-bond acceptors (Lipinski definition) is 9. The molecule has 41 heavy (non-hydrogen) atoms. The third-order valence-corrected chi connectivity index (χ3v) is 7.85. The Kier molecular flexibility index (Phi) is 12.1. The van der Waals surface area contributed by atoms with E-state index in [-0.39, 0.29) is 37.0 Å². The lowest BCUT2D eigenvalue weighted by Gasteiger charge is -2.36. The van der Waals surface area contributed by atoms with Gasteiger partial charge in [0.25, 0.3) is 0 Å². The molecule has 11 nitrogen and oxygen atoms in total. The van der Waals surface area contributed by atoms with Crippen molar-refractivity contribution in [3.8, 4) is 0 Å². The van der Waals surface area contributed by atoms with Gasteiger partial charge in [0.2, 0.25) is 11.8 Å². The first kappa shape index (κ1) is 30.7. The van der Waals surface area contributed by atoms with E-state index in [1.807, 2.05) is 48.5 Å². The maximum absolute atomic E-state index is 12.2. The number of ether oxygens (including phenoxy) is 2. The molecule has 0 spiro atoms. The van der Waals surface area contributed by atoms with Crippen molar-refractivity contribution in [2.75, 3.05) is 5.75 Å². The molecule has 0 unspecified atom stereocenters. The molecule has 12 heteroatoms. The molecule has 2 amide bonds. The molecule has 1 aliphatic heterocycles. The number of thioether (sulfide) groups is 1. The summed E-state index contributed by atoms with van der Waals surface area (Å²) in [6, 6.07) is 15.6. The molecule has 0 bridgehead atoms. The maximum Gasteiger partial charge on any atom is 0.243 e. The SMILES string of the molecule is O=C(CCCCCCC(=O)NCc1ccc([C@H]2O[C@@H](CSc3ncn[nH]3)C[C@@H](c3ccc(CO)cc3)O2)cc1)NO. The van der Waals surface area contributed by atoms with E-state index in [4.69, 9.17) is 14.7 Å². The lowest BCUT2D eigenvalue weighted by atomic mass is 10.0. The number of hydrogen-bond donors (Lipinski definition) is 5. The van der Waals surface area contributed by atoms with Crippen LogP contribution >= 0.6 is 11.8 Å². The van der Waals surface area contributed by atoms with Crippen molar-refractivity contribution < 1.29 is 29.4 Å². The number of unbranched alkanes of at least 4 members (excludes halogenated alkanes) is 3. The van der Waals surface area contributed by atoms with E-state index in [1.54, 1.807) is 17.2 Å². The number of H-pyrrole nitrogens is 1. The summed E-state index contributed by atoms with van der Waals surface area (Å²) in [5.41, 5.74) is 5.36. The van der Waals surface area contributed by atoms with Crippen LogP contribution in [0.1, 0.15) is 79.6 Å². The molecule has 0 radical (unpaired) electrons. The van der Waals surface area contributed by atoms with Gasteiger partial charge in [-0.3, -0.25) is 19.9 Å². The molecular weight excluding hydrogens is 546 g/mol. The van der Waals surface area contributed by atoms with Crippen LogP contribution in [0.5, 0.6) is 0 Å². The van der Waals surface area contributed by atoms with Crippen LogP contribution in [0, 0.1) is 0 Å². The Morgan fingerprint density at radius 1 is 0.927 bits per heavy atom. The Bertz CT molecular complexity index is 1210. The van der Waals surface area contributed by atoms with Gasteiger partial charge in [0.15, 0.2) is 11.4 Å². The van der Waals surface area contributed by atoms with E-state index < -0.39 is 6.29 Å². The smallest absolute Gasteiger partial charge is 0.243 e. The van der Waals surface area contributed by atoms with Crippen molar-refractivity contribution in [3.05, 3.63) is 77.1 Å². The monoisotopic (exact) mass is 583 g/mol. The summed E-state index contributed by atoms with van der Waals surface area (Å²) < 4.78 is 12.7. The number of nitrogens with one attached hydrogen (secondary N) is 3. The Labute approximate surface area is 243 Å². The van der Waals surface area contributed by atoms with Gasteiger partial charge in [-0.15, -0.1) is 0 Å². The average molecular weight is 584 g/mol. The van der Waals surface area contributed by atoms with Gasteiger partial charge >= 0.3 is 0 Å². The zero-order chi connectivity index (χ0) is 28.9. The molecule has 4 rings (SSSR count). The summed E-state index contributed by atoms with van der Waals surface area (Å²) in [6.07, 6.45) is 5.19. The number of hydroxylamine groups is 1. The third kappa shape index (κ3) is 9.94. The minimum absolute atomic E-state index is 0.00577. The first-order chi connectivity index (χ1) is 20.0. The molecule has 1 aromatic heterocycles. The first-order valence-electron chi connectivity index (χ1n) is 13.8. The zero-order valence-corrected chi connectivity index (χ0v) is 23.6. The van der Waals surface area contributed by atoms with Crippen LogP contribution in [0.2, 0.25) is 0 Å². The summed E-state index contributed by atoms with van der Waals surface area (Å²) in [5, 5.41) is 28.4. The van der Waals surface area contributed by atoms with Crippen molar-refractivity contribution in [3.63, 3.8) is 0 Å². The second-order valence-corrected chi connectivity index (χ2v) is 10.9. The third-order valence-electron chi connectivity index (χ3n) is 6.84. The second-order valence-electron chi connectivity index (χ2n) is 9.92. The van der Waals surface area contributed by atoms with Crippen LogP contribution in [0.3, 0.4) is 0 Å². The van der Waals surface area contributed by atoms with Gasteiger partial charge in [-0.1, -0.05) is 73.1 Å². The normalized spacial score (nSPS) is 18.6. The average Bonchev–Trinajstić information content (AvgIpc) is 3.54. The molecule has 1 saturated heterocycles. The van der Waals surface area contributed by atoms with Crippen LogP contribution in [0.4, 0.5) is 0 Å². The molecule has 2 aromatic carbocycles. The number of carbonyl (C=O) groups excluding carboxylic acids is 2. The molecule has 3 aromatic rings. The predicted octanol–water partition coefficient (Wildman–Crippen LogP) is 4.10. The first-order valence-corrected chi connectivity index (χ1v) is 14.8. The van der Waals surface area contributed by atoms with Gasteiger partial charge < -0.3 is 19.9 Å². The lowest BCUT2D eigenvalue weighted by molar-refractivity contribution is -0.245. The standard InChI is InChI=1S/C29H37N5O6S/c35-17-21-9-11-22(12-10-21)25-15-24(18-41-29-31-19-32-33-29)39-28(40-25)23-13-7-20(8-14-23)16-30-26(36)5-3-1-2-4-6-27(37)34-38/h7-14,19,24-25,28,35,38H,1-6,15-18H2,(H,30,36)(H,34,37)(H,31,32,33)/t24-,25+,28+/m1/s1. The van der Waals surface area contributed by atoms with E-state index in [2.05, 4.69) is 20.5 Å². The predicted molar refractivity (Wildman–Crippen MR) is 151 cm³/mol. The topological polar surface area (TPSA) is 159 Å². The van der Waals surface area contributed by atoms with Crippen LogP contribution in [-0.2, 0) is 32.2 Å². The number of benzene rings is 2. The molecule has 0 aliphatic carbocycles. The van der Waals surface area contributed by atoms with Gasteiger partial charge in [-0.25, -0.2) is 10.5 Å². The summed E-state index contributed by atoms with van der Waals surface area (Å²) >= 11 is 1.55. The minimum Gasteiger partial charge on any atom is -0.392 e. The summed E-state index contributed by atoms with van der Waals surface area (Å²) in [6.45, 7) is 0.423. The Morgan fingerprint density at radius 2 is 1.61 bits per heavy atom. The Balaban J connectivity index is 1.29. The fourth-order valence-electron chi connectivity index (χ4n) is 4.52. The number of aromatic amines is 1. The Hall–Kier alpha value is -3.29. The molecule has 0 saturated carbocycles. The van der Waals surface area contributed by atoms with Crippen molar-refractivity contribution in [2.24, 2.45) is 0 Å². The molecule has 2 heterocycles. The fourth-order valence-corrected chi connectivity index (χ4v) is 5.32. The van der Waals surface area contributed by atoms with E-state index >= 15 is 0 Å². The Morgan fingerprint density at radius 3 is 2.27 bits per heavy atom. The summed E-state index contributed by atoms with van der Waals surface area (Å²) in [7, 11) is 0. The second kappa shape index (κ2) is 16.2. The minimum atomic E-state index is -0.557. The number of aromatic nitrogens is 3. The molecule has 220 valence electrons. The van der Waals surface area contributed by atoms with Crippen molar-refractivity contribution in [1.29, 1.82) is 0 Å². The molecule has 3 atom stereocenters. The van der Waals surface area contributed by atoms with Crippen LogP contribution in [0.25, 0.3) is 0 Å². The van der Waals surface area contributed by atoms with Gasteiger partial charge in [0.05, 0.1) is 18.8 Å². The highest BCUT2D eigenvalue weighted by Crippen LogP contribution is 2.39. The highest BCUT2D eigenvalue weighted by molar-refractivity contribution is 7.99. The lowest BCUT2D eigenvalue weighted by Crippen LogP contribution is -2.31. The summed E-state index contributed by atoms with van der Waals surface area (Å²) in [4.78, 5) is 27.4. The van der Waals surface area contributed by atoms with E-state index in [9.17, 15) is 14.7 Å². The number of nitrogens with zero attached hydrogens (tertiary/aromatic N) is 2. The van der Waals surface area contributed by atoms with Crippen molar-refractivity contribution >= 4 is 23.6 Å². The van der Waals surface area contributed by atoms with Crippen LogP contribution in [-0.4, -0.2) is 49.2 Å². The van der Waals surface area contributed by atoms with Crippen LogP contribution in [0.15, 0.2) is 60.0 Å². The van der Waals surface area contributed by atoms with Gasteiger partial charge in [0.1, 0.15) is 6.33 Å². The van der Waals surface area contributed by atoms with Crippen LogP contribution < -0.4 is 10.8 Å². The maximum atomic E-state index is 12.2. The van der Waals surface area contributed by atoms with Crippen molar-refractivity contribution in [1.82, 2.24) is 26.0 Å². The van der Waals surface area contributed by atoms with E-state index in [0.717, 1.165) is 46.7 Å². The van der Waals surface area contributed by atoms with Gasteiger partial charge in [-0.2, -0.15) is 5.10 Å². The number of carbonyl (C=O) groups is 2. The molecule has 5 N–H and O–H groups in total.